The Morgan fingerprint density at radius 3 is 2.85 bits per heavy atom. The minimum Gasteiger partial charge on any atom is -0.480 e. The highest BCUT2D eigenvalue weighted by Gasteiger charge is 2.30. The lowest BCUT2D eigenvalue weighted by atomic mass is 10.0. The van der Waals surface area contributed by atoms with E-state index in [1.165, 1.54) is 17.7 Å². The molecule has 0 spiro atoms. The van der Waals surface area contributed by atoms with Crippen LogP contribution < -0.4 is 0 Å². The van der Waals surface area contributed by atoms with Gasteiger partial charge in [-0.25, -0.2) is 9.37 Å². The van der Waals surface area contributed by atoms with E-state index < -0.39 is 12.0 Å². The first kappa shape index (κ1) is 22.5. The van der Waals surface area contributed by atoms with Crippen LogP contribution in [0.25, 0.3) is 11.0 Å². The smallest absolute Gasteiger partial charge is 0.320 e. The van der Waals surface area contributed by atoms with Crippen molar-refractivity contribution in [1.82, 2.24) is 19.4 Å². The molecule has 2 aliphatic heterocycles. The fourth-order valence-corrected chi connectivity index (χ4v) is 5.40. The maximum atomic E-state index is 13.8. The number of carbonyl (C=O) groups excluding carboxylic acids is 1. The molecular formula is C26H29FN4O3. The van der Waals surface area contributed by atoms with Gasteiger partial charge in [-0.15, -0.1) is 0 Å². The molecule has 34 heavy (non-hydrogen) atoms. The lowest BCUT2D eigenvalue weighted by molar-refractivity contribution is -0.145. The zero-order valence-corrected chi connectivity index (χ0v) is 19.1. The number of aliphatic carboxylic acids is 1. The number of aromatic nitrogens is 2. The highest BCUT2D eigenvalue weighted by molar-refractivity contribution is 5.84. The Labute approximate surface area is 197 Å². The number of rotatable bonds is 6. The van der Waals surface area contributed by atoms with Crippen LogP contribution in [0.2, 0.25) is 0 Å². The number of carboxylic acid groups (broad SMARTS) is 1. The number of fused-ring (bicyclic) bond motifs is 3. The van der Waals surface area contributed by atoms with Gasteiger partial charge in [-0.05, 0) is 61.2 Å². The second-order valence-electron chi connectivity index (χ2n) is 9.22. The summed E-state index contributed by atoms with van der Waals surface area (Å²) in [6.07, 6.45) is 5.33. The van der Waals surface area contributed by atoms with Gasteiger partial charge in [-0.1, -0.05) is 18.6 Å². The number of nitrogens with zero attached hydrogens (tertiary/aromatic N) is 4. The van der Waals surface area contributed by atoms with Crippen LogP contribution in [-0.4, -0.2) is 62.0 Å². The quantitative estimate of drug-likeness (QED) is 0.605. The van der Waals surface area contributed by atoms with Crippen molar-refractivity contribution in [3.05, 3.63) is 65.2 Å². The summed E-state index contributed by atoms with van der Waals surface area (Å²) in [6, 6.07) is 10.1. The summed E-state index contributed by atoms with van der Waals surface area (Å²) in [5.74, 6) is -1.04. The third-order valence-electron chi connectivity index (χ3n) is 7.11. The fraction of sp³-hybridized carbons (Fsp3) is 0.423. The molecule has 4 heterocycles. The van der Waals surface area contributed by atoms with E-state index in [-0.39, 0.29) is 11.7 Å². The van der Waals surface area contributed by atoms with Crippen molar-refractivity contribution in [3.63, 3.8) is 0 Å². The van der Waals surface area contributed by atoms with Crippen LogP contribution in [-0.2, 0) is 29.1 Å². The maximum absolute atomic E-state index is 13.8. The number of pyridine rings is 1. The second-order valence-corrected chi connectivity index (χ2v) is 9.22. The van der Waals surface area contributed by atoms with E-state index in [4.69, 9.17) is 0 Å². The summed E-state index contributed by atoms with van der Waals surface area (Å²) in [4.78, 5) is 33.1. The molecule has 1 N–H and O–H groups in total. The highest BCUT2D eigenvalue weighted by atomic mass is 19.1. The average Bonchev–Trinajstić information content (AvgIpc) is 3.15. The predicted octanol–water partition coefficient (Wildman–Crippen LogP) is 3.44. The van der Waals surface area contributed by atoms with Crippen LogP contribution in [0.4, 0.5) is 4.39 Å². The van der Waals surface area contributed by atoms with E-state index in [0.29, 0.717) is 39.0 Å². The lowest BCUT2D eigenvalue weighted by Crippen LogP contribution is -2.46. The summed E-state index contributed by atoms with van der Waals surface area (Å²) >= 11 is 0. The van der Waals surface area contributed by atoms with Crippen molar-refractivity contribution >= 4 is 22.9 Å². The van der Waals surface area contributed by atoms with Crippen molar-refractivity contribution in [2.45, 2.75) is 51.2 Å². The predicted molar refractivity (Wildman–Crippen MR) is 126 cm³/mol. The molecular weight excluding hydrogens is 435 g/mol. The molecule has 1 amide bonds. The van der Waals surface area contributed by atoms with Crippen molar-refractivity contribution in [3.8, 4) is 0 Å². The van der Waals surface area contributed by atoms with Crippen molar-refractivity contribution in [1.29, 1.82) is 0 Å². The Bertz CT molecular complexity index is 1220. The molecule has 1 saturated heterocycles. The van der Waals surface area contributed by atoms with Gasteiger partial charge in [0.05, 0.1) is 6.54 Å². The summed E-state index contributed by atoms with van der Waals surface area (Å²) < 4.78 is 15.9. The molecule has 0 aliphatic carbocycles. The van der Waals surface area contributed by atoms with Crippen LogP contribution in [0.5, 0.6) is 0 Å². The Hall–Kier alpha value is -3.26. The van der Waals surface area contributed by atoms with Crippen molar-refractivity contribution in [2.24, 2.45) is 0 Å². The van der Waals surface area contributed by atoms with Crippen LogP contribution in [0.3, 0.4) is 0 Å². The van der Waals surface area contributed by atoms with Crippen LogP contribution in [0.1, 0.15) is 42.5 Å². The molecule has 8 heteroatoms. The second kappa shape index (κ2) is 9.54. The summed E-state index contributed by atoms with van der Waals surface area (Å²) in [5.41, 5.74) is 3.94. The molecule has 5 rings (SSSR count). The summed E-state index contributed by atoms with van der Waals surface area (Å²) in [5, 5.41) is 10.6. The van der Waals surface area contributed by atoms with Gasteiger partial charge >= 0.3 is 5.97 Å². The first-order chi connectivity index (χ1) is 16.5. The number of amides is 1. The molecule has 2 aliphatic rings. The minimum absolute atomic E-state index is 0.0379. The molecule has 1 atom stereocenters. The number of piperidine rings is 1. The molecule has 3 aromatic rings. The number of likely N-dealkylation sites (tertiary alicyclic amines) is 1. The molecule has 1 unspecified atom stereocenters. The standard InChI is InChI=1S/C26H29FN4O3/c27-19-6-3-5-18(15-19)16-31-23-17-30(13-9-20(23)21-7-4-11-28-25(21)31)24(32)10-14-29-12-2-1-8-22(29)26(33)34/h3-7,11,15,22H,1-2,8-10,12-14,16-17H2,(H,33,34). The molecule has 0 saturated carbocycles. The van der Waals surface area contributed by atoms with Gasteiger partial charge in [0.2, 0.25) is 5.91 Å². The van der Waals surface area contributed by atoms with E-state index >= 15 is 0 Å². The monoisotopic (exact) mass is 464 g/mol. The zero-order chi connectivity index (χ0) is 23.7. The van der Waals surface area contributed by atoms with Gasteiger partial charge in [-0.3, -0.25) is 14.5 Å². The third-order valence-corrected chi connectivity index (χ3v) is 7.11. The normalized spacial score (nSPS) is 18.7. The molecule has 1 fully saturated rings. The van der Waals surface area contributed by atoms with Crippen LogP contribution in [0.15, 0.2) is 42.6 Å². The first-order valence-electron chi connectivity index (χ1n) is 12.0. The fourth-order valence-electron chi connectivity index (χ4n) is 5.40. The van der Waals surface area contributed by atoms with E-state index in [0.717, 1.165) is 48.1 Å². The molecule has 0 radical (unpaired) electrons. The van der Waals surface area contributed by atoms with Gasteiger partial charge in [-0.2, -0.15) is 0 Å². The maximum Gasteiger partial charge on any atom is 0.320 e. The van der Waals surface area contributed by atoms with Crippen molar-refractivity contribution in [2.75, 3.05) is 19.6 Å². The highest BCUT2D eigenvalue weighted by Crippen LogP contribution is 2.31. The topological polar surface area (TPSA) is 78.7 Å². The molecule has 7 nitrogen and oxygen atoms in total. The number of carboxylic acids is 1. The number of carbonyl (C=O) groups is 2. The number of hydrogen-bond donors (Lipinski definition) is 1. The van der Waals surface area contributed by atoms with Crippen LogP contribution >= 0.6 is 0 Å². The lowest BCUT2D eigenvalue weighted by Gasteiger charge is -2.34. The zero-order valence-electron chi connectivity index (χ0n) is 19.1. The minimum atomic E-state index is -0.802. The Kier molecular flexibility index (Phi) is 6.32. The van der Waals surface area contributed by atoms with Gasteiger partial charge in [0.25, 0.3) is 0 Å². The molecule has 2 aromatic heterocycles. The van der Waals surface area contributed by atoms with Gasteiger partial charge in [0, 0.05) is 43.3 Å². The number of hydrogen-bond acceptors (Lipinski definition) is 4. The van der Waals surface area contributed by atoms with Gasteiger partial charge < -0.3 is 14.6 Å². The number of benzene rings is 1. The van der Waals surface area contributed by atoms with Crippen molar-refractivity contribution < 1.29 is 19.1 Å². The largest absolute Gasteiger partial charge is 0.480 e. The van der Waals surface area contributed by atoms with Gasteiger partial charge in [0.15, 0.2) is 0 Å². The molecule has 178 valence electrons. The van der Waals surface area contributed by atoms with E-state index in [1.807, 2.05) is 21.9 Å². The Balaban J connectivity index is 1.35. The van der Waals surface area contributed by atoms with Gasteiger partial charge in [0.1, 0.15) is 17.5 Å². The average molecular weight is 465 g/mol. The Morgan fingerprint density at radius 2 is 2.03 bits per heavy atom. The van der Waals surface area contributed by atoms with E-state index in [1.54, 1.807) is 12.3 Å². The van der Waals surface area contributed by atoms with E-state index in [9.17, 15) is 19.1 Å². The number of halogens is 1. The third kappa shape index (κ3) is 4.42. The van der Waals surface area contributed by atoms with Crippen LogP contribution in [0, 0.1) is 5.82 Å². The Morgan fingerprint density at radius 1 is 1.15 bits per heavy atom. The first-order valence-corrected chi connectivity index (χ1v) is 12.0. The summed E-state index contributed by atoms with van der Waals surface area (Å²) in [7, 11) is 0. The SMILES string of the molecule is O=C(O)C1CCCCN1CCC(=O)N1CCc2c(n(Cc3cccc(F)c3)c3ncccc23)C1. The van der Waals surface area contributed by atoms with E-state index in [2.05, 4.69) is 15.6 Å². The molecule has 0 bridgehead atoms. The molecule has 1 aromatic carbocycles. The summed E-state index contributed by atoms with van der Waals surface area (Å²) in [6.45, 7) is 2.77.